The molecule has 0 radical (unpaired) electrons. The van der Waals surface area contributed by atoms with Gasteiger partial charge < -0.3 is 26.3 Å². The van der Waals surface area contributed by atoms with E-state index < -0.39 is 42.1 Å². The molecule has 0 saturated carbocycles. The molecule has 0 fully saturated rings. The van der Waals surface area contributed by atoms with Crippen LogP contribution in [-0.4, -0.2) is 48.3 Å². The number of carbonyl (C=O) groups is 4. The maximum atomic E-state index is 15.1. The zero-order valence-corrected chi connectivity index (χ0v) is 20.7. The van der Waals surface area contributed by atoms with Crippen molar-refractivity contribution < 1.29 is 33.0 Å². The van der Waals surface area contributed by atoms with Crippen LogP contribution >= 0.6 is 11.5 Å². The van der Waals surface area contributed by atoms with Crippen LogP contribution in [0.25, 0.3) is 0 Å². The molecule has 0 aliphatic carbocycles. The predicted octanol–water partition coefficient (Wildman–Crippen LogP) is 2.04. The predicted molar refractivity (Wildman–Crippen MR) is 134 cm³/mol. The van der Waals surface area contributed by atoms with Gasteiger partial charge in [-0.15, -0.1) is 0 Å². The van der Waals surface area contributed by atoms with Crippen molar-refractivity contribution >= 4 is 46.6 Å². The molecule has 0 spiro atoms. The monoisotopic (exact) mass is 529 g/mol. The molecular weight excluding hydrogens is 505 g/mol. The third-order valence-electron chi connectivity index (χ3n) is 5.14. The molecule has 0 aliphatic heterocycles. The lowest BCUT2D eigenvalue weighted by Crippen LogP contribution is -2.45. The van der Waals surface area contributed by atoms with Crippen molar-refractivity contribution in [2.45, 2.75) is 13.0 Å². The van der Waals surface area contributed by atoms with E-state index in [0.717, 1.165) is 11.0 Å². The molecule has 0 unspecified atom stereocenters. The van der Waals surface area contributed by atoms with Gasteiger partial charge in [-0.1, -0.05) is 24.3 Å². The number of hydrogen-bond acceptors (Lipinski definition) is 9. The first-order chi connectivity index (χ1) is 17.7. The van der Waals surface area contributed by atoms with E-state index in [1.807, 2.05) is 0 Å². The molecule has 3 amide bonds. The number of anilines is 2. The Balaban J connectivity index is 2.17. The first kappa shape index (κ1) is 27.1. The van der Waals surface area contributed by atoms with Crippen molar-refractivity contribution in [2.75, 3.05) is 30.9 Å². The molecule has 37 heavy (non-hydrogen) atoms. The highest BCUT2D eigenvalue weighted by atomic mass is 32.1. The standard InChI is InChI=1S/C24H24FN5O6S/c1-3-36-17(31)12-28-23(33)20(13-8-10-14(35-2)11-9-13)30(16-7-5-4-6-15(16)25)24(34)21-18(26)19(22(27)32)29-37-21/h4-11,20H,3,12,26H2,1-2H3,(H2,27,32)(H,28,33)/t20-/m1/s1. The second kappa shape index (κ2) is 11.9. The number of primary amides is 1. The summed E-state index contributed by atoms with van der Waals surface area (Å²) in [6, 6.07) is 9.95. The molecule has 194 valence electrons. The number of nitrogen functional groups attached to an aromatic ring is 1. The largest absolute Gasteiger partial charge is 0.497 e. The summed E-state index contributed by atoms with van der Waals surface area (Å²) >= 11 is 0.581. The quantitative estimate of drug-likeness (QED) is 0.335. The molecule has 1 aromatic heterocycles. The summed E-state index contributed by atoms with van der Waals surface area (Å²) in [5.41, 5.74) is 10.6. The highest BCUT2D eigenvalue weighted by molar-refractivity contribution is 7.09. The second-order valence-electron chi connectivity index (χ2n) is 7.46. The highest BCUT2D eigenvalue weighted by Crippen LogP contribution is 2.34. The summed E-state index contributed by atoms with van der Waals surface area (Å²) in [6.07, 6.45) is 0. The molecule has 0 bridgehead atoms. The van der Waals surface area contributed by atoms with E-state index in [1.54, 1.807) is 19.1 Å². The Kier molecular flexibility index (Phi) is 8.74. The van der Waals surface area contributed by atoms with Gasteiger partial charge in [-0.3, -0.25) is 24.1 Å². The third kappa shape index (κ3) is 6.01. The minimum absolute atomic E-state index is 0.100. The number of nitrogens with two attached hydrogens (primary N) is 2. The van der Waals surface area contributed by atoms with E-state index in [0.29, 0.717) is 17.3 Å². The van der Waals surface area contributed by atoms with Crippen LogP contribution in [0.3, 0.4) is 0 Å². The minimum Gasteiger partial charge on any atom is -0.497 e. The SMILES string of the molecule is CCOC(=O)CNC(=O)[C@@H](c1ccc(OC)cc1)N(C(=O)c1snc(C(N)=O)c1N)c1ccccc1F. The number of hydrogen-bond donors (Lipinski definition) is 3. The maximum absolute atomic E-state index is 15.1. The average molecular weight is 530 g/mol. The fraction of sp³-hybridized carbons (Fsp3) is 0.208. The van der Waals surface area contributed by atoms with Crippen LogP contribution < -0.4 is 26.4 Å². The lowest BCUT2D eigenvalue weighted by molar-refractivity contribution is -0.143. The second-order valence-corrected chi connectivity index (χ2v) is 8.24. The number of ether oxygens (including phenoxy) is 2. The van der Waals surface area contributed by atoms with Crippen molar-refractivity contribution in [1.82, 2.24) is 9.69 Å². The van der Waals surface area contributed by atoms with Crippen LogP contribution in [0, 0.1) is 5.82 Å². The molecule has 1 heterocycles. The first-order valence-corrected chi connectivity index (χ1v) is 11.7. The maximum Gasteiger partial charge on any atom is 0.325 e. The Bertz CT molecular complexity index is 1310. The molecule has 3 rings (SSSR count). The summed E-state index contributed by atoms with van der Waals surface area (Å²) in [4.78, 5) is 51.5. The molecule has 2 aromatic carbocycles. The van der Waals surface area contributed by atoms with E-state index >= 15 is 4.39 Å². The van der Waals surface area contributed by atoms with E-state index in [2.05, 4.69) is 9.69 Å². The van der Waals surface area contributed by atoms with Gasteiger partial charge in [-0.2, -0.15) is 4.37 Å². The van der Waals surface area contributed by atoms with Crippen LogP contribution in [0.4, 0.5) is 15.8 Å². The Morgan fingerprint density at radius 2 is 1.81 bits per heavy atom. The van der Waals surface area contributed by atoms with Gasteiger partial charge in [0.25, 0.3) is 11.8 Å². The average Bonchev–Trinajstić information content (AvgIpc) is 3.28. The third-order valence-corrected chi connectivity index (χ3v) is 5.99. The van der Waals surface area contributed by atoms with Gasteiger partial charge in [-0.25, -0.2) is 4.39 Å². The number of methoxy groups -OCH3 is 1. The number of para-hydroxylation sites is 1. The summed E-state index contributed by atoms with van der Waals surface area (Å²) < 4.78 is 28.9. The van der Waals surface area contributed by atoms with Gasteiger partial charge in [0, 0.05) is 0 Å². The Hall–Kier alpha value is -4.52. The summed E-state index contributed by atoms with van der Waals surface area (Å²) in [5, 5.41) is 2.43. The number of benzene rings is 2. The summed E-state index contributed by atoms with van der Waals surface area (Å²) in [6.45, 7) is 1.22. The number of nitrogens with zero attached hydrogens (tertiary/aromatic N) is 2. The highest BCUT2D eigenvalue weighted by Gasteiger charge is 2.37. The number of rotatable bonds is 10. The summed E-state index contributed by atoms with van der Waals surface area (Å²) in [5.74, 6) is -3.73. The fourth-order valence-electron chi connectivity index (χ4n) is 3.42. The van der Waals surface area contributed by atoms with Crippen LogP contribution in [0.1, 0.15) is 38.7 Å². The Labute approximate surface area is 215 Å². The van der Waals surface area contributed by atoms with Crippen molar-refractivity contribution in [3.63, 3.8) is 0 Å². The first-order valence-electron chi connectivity index (χ1n) is 10.9. The lowest BCUT2D eigenvalue weighted by atomic mass is 10.0. The van der Waals surface area contributed by atoms with Crippen LogP contribution in [0.15, 0.2) is 48.5 Å². The van der Waals surface area contributed by atoms with Gasteiger partial charge in [0.2, 0.25) is 5.91 Å². The van der Waals surface area contributed by atoms with E-state index in [1.165, 1.54) is 37.4 Å². The van der Waals surface area contributed by atoms with E-state index in [9.17, 15) is 19.2 Å². The van der Waals surface area contributed by atoms with Gasteiger partial charge >= 0.3 is 5.97 Å². The molecule has 3 aromatic rings. The van der Waals surface area contributed by atoms with Gasteiger partial charge in [0.15, 0.2) is 5.69 Å². The zero-order chi connectivity index (χ0) is 27.1. The van der Waals surface area contributed by atoms with Crippen LogP contribution in [0.5, 0.6) is 5.75 Å². The molecule has 1 atom stereocenters. The lowest BCUT2D eigenvalue weighted by Gasteiger charge is -2.31. The molecule has 13 heteroatoms. The van der Waals surface area contributed by atoms with Gasteiger partial charge in [-0.05, 0) is 48.3 Å². The van der Waals surface area contributed by atoms with E-state index in [4.69, 9.17) is 20.9 Å². The van der Waals surface area contributed by atoms with Crippen molar-refractivity contribution in [3.8, 4) is 5.75 Å². The number of esters is 1. The Morgan fingerprint density at radius 3 is 2.38 bits per heavy atom. The van der Waals surface area contributed by atoms with Crippen molar-refractivity contribution in [1.29, 1.82) is 0 Å². The smallest absolute Gasteiger partial charge is 0.325 e. The number of nitrogens with one attached hydrogen (secondary N) is 1. The minimum atomic E-state index is -1.48. The molecule has 0 saturated heterocycles. The number of carbonyl (C=O) groups excluding carboxylic acids is 4. The van der Waals surface area contributed by atoms with Crippen LogP contribution in [-0.2, 0) is 14.3 Å². The molecular formula is C24H24FN5O6S. The number of halogens is 1. The summed E-state index contributed by atoms with van der Waals surface area (Å²) in [7, 11) is 1.45. The fourth-order valence-corrected chi connectivity index (χ4v) is 4.17. The molecule has 11 nitrogen and oxygen atoms in total. The molecule has 5 N–H and O–H groups in total. The topological polar surface area (TPSA) is 167 Å². The Morgan fingerprint density at radius 1 is 1.14 bits per heavy atom. The van der Waals surface area contributed by atoms with Crippen molar-refractivity contribution in [2.24, 2.45) is 5.73 Å². The normalized spacial score (nSPS) is 11.3. The zero-order valence-electron chi connectivity index (χ0n) is 19.9. The molecule has 0 aliphatic rings. The van der Waals surface area contributed by atoms with Crippen molar-refractivity contribution in [3.05, 3.63) is 70.5 Å². The van der Waals surface area contributed by atoms with E-state index in [-0.39, 0.29) is 34.1 Å². The van der Waals surface area contributed by atoms with Gasteiger partial charge in [0.1, 0.15) is 29.0 Å². The van der Waals surface area contributed by atoms with Crippen LogP contribution in [0.2, 0.25) is 0 Å². The van der Waals surface area contributed by atoms with Gasteiger partial charge in [0.05, 0.1) is 25.1 Å². The number of aromatic nitrogens is 1. The number of amides is 3.